The van der Waals surface area contributed by atoms with Crippen LogP contribution in [-0.4, -0.2) is 14.7 Å². The molecule has 4 aromatic rings. The number of hydrogen-bond donors (Lipinski definition) is 3. The molecule has 0 radical (unpaired) electrons. The van der Waals surface area contributed by atoms with Crippen LogP contribution in [0.5, 0.6) is 0 Å². The Morgan fingerprint density at radius 2 is 0.885 bits per heavy atom. The normalized spacial score (nSPS) is 13.6. The Kier molecular flexibility index (Phi) is 4.06. The molecule has 4 rings (SSSR count). The summed E-state index contributed by atoms with van der Waals surface area (Å²) in [5.41, 5.74) is 1.49. The molecule has 3 N–H and O–H groups in total. The van der Waals surface area contributed by atoms with Crippen molar-refractivity contribution in [3.05, 3.63) is 96.1 Å². The van der Waals surface area contributed by atoms with Crippen LogP contribution in [0.4, 0.5) is 0 Å². The summed E-state index contributed by atoms with van der Waals surface area (Å²) < 4.78 is 0. The molecule has 0 heterocycles. The summed E-state index contributed by atoms with van der Waals surface area (Å²) >= 11 is 0. The summed E-state index contributed by atoms with van der Waals surface area (Å²) in [6.07, 6.45) is -0.313. The third kappa shape index (κ3) is 3.48. The van der Waals surface area contributed by atoms with Gasteiger partial charge in [0, 0.05) is 0 Å². The zero-order valence-corrected chi connectivity index (χ0v) is 15.2. The van der Waals surface area contributed by atoms with Crippen molar-refractivity contribution in [2.45, 2.75) is 12.3 Å². The quantitative estimate of drug-likeness (QED) is 0.448. The number of rotatable bonds is 4. The molecule has 0 saturated carbocycles. The van der Waals surface area contributed by atoms with Crippen LogP contribution in [0, 0.1) is 0 Å². The fraction of sp³-hybridized carbons (Fsp3) is 0.0909. The first-order chi connectivity index (χ1) is 12.4. The molecule has 0 aliphatic heterocycles. The molecule has 0 atom stereocenters. The summed E-state index contributed by atoms with van der Waals surface area (Å²) in [6.45, 7) is 0. The van der Waals surface area contributed by atoms with Gasteiger partial charge in [-0.25, -0.2) is 0 Å². The van der Waals surface area contributed by atoms with Gasteiger partial charge in [0.2, 0.25) is 0 Å². The van der Waals surface area contributed by atoms with Gasteiger partial charge in [-0.15, -0.1) is 0 Å². The first kappa shape index (κ1) is 17.1. The molecule has 4 aromatic carbocycles. The molecule has 0 aliphatic carbocycles. The molecular formula is C22H21O3P. The fourth-order valence-electron chi connectivity index (χ4n) is 3.61. The maximum atomic E-state index is 10.8. The molecule has 0 aromatic heterocycles. The molecule has 0 amide bonds. The second kappa shape index (κ2) is 6.15. The van der Waals surface area contributed by atoms with E-state index in [0.717, 1.165) is 32.7 Å². The predicted octanol–water partition coefficient (Wildman–Crippen LogP) is 4.97. The number of benzene rings is 4. The van der Waals surface area contributed by atoms with Crippen LogP contribution in [0.3, 0.4) is 0 Å². The summed E-state index contributed by atoms with van der Waals surface area (Å²) in [7, 11) is -4.90. The second-order valence-electron chi connectivity index (χ2n) is 6.93. The van der Waals surface area contributed by atoms with Crippen molar-refractivity contribution in [1.82, 2.24) is 0 Å². The summed E-state index contributed by atoms with van der Waals surface area (Å²) in [5.74, 6) is 0. The molecule has 0 fully saturated rings. The van der Waals surface area contributed by atoms with Crippen LogP contribution in [0.15, 0.2) is 84.9 Å². The van der Waals surface area contributed by atoms with Gasteiger partial charge in [0.05, 0.1) is 0 Å². The zero-order valence-electron chi connectivity index (χ0n) is 14.3. The van der Waals surface area contributed by atoms with Crippen molar-refractivity contribution >= 4 is 28.8 Å². The molecule has 0 aliphatic rings. The Labute approximate surface area is 152 Å². The molecule has 0 saturated heterocycles. The Hall–Kier alpha value is -2.29. The maximum absolute atomic E-state index is 10.8. The third-order valence-corrected chi connectivity index (χ3v) is 6.73. The van der Waals surface area contributed by atoms with Crippen LogP contribution in [0.1, 0.15) is 11.1 Å². The van der Waals surface area contributed by atoms with E-state index < -0.39 is 7.28 Å². The monoisotopic (exact) mass is 364 g/mol. The first-order valence-corrected chi connectivity index (χ1v) is 11.0. The molecule has 132 valence electrons. The second-order valence-corrected chi connectivity index (χ2v) is 10.2. The van der Waals surface area contributed by atoms with Crippen molar-refractivity contribution in [1.29, 1.82) is 0 Å². The average molecular weight is 364 g/mol. The van der Waals surface area contributed by atoms with E-state index in [4.69, 9.17) is 0 Å². The van der Waals surface area contributed by atoms with E-state index in [0.29, 0.717) is 0 Å². The number of hydrogen-bond acceptors (Lipinski definition) is 3. The van der Waals surface area contributed by atoms with Crippen LogP contribution < -0.4 is 0 Å². The van der Waals surface area contributed by atoms with Gasteiger partial charge in [-0.3, -0.25) is 0 Å². The minimum atomic E-state index is -4.90. The first-order valence-electron chi connectivity index (χ1n) is 8.58. The fourth-order valence-corrected chi connectivity index (χ4v) is 5.67. The predicted molar refractivity (Wildman–Crippen MR) is 109 cm³/mol. The van der Waals surface area contributed by atoms with Gasteiger partial charge in [0.15, 0.2) is 0 Å². The Bertz CT molecular complexity index is 1000. The van der Waals surface area contributed by atoms with E-state index >= 15 is 0 Å². The topological polar surface area (TPSA) is 60.7 Å². The summed E-state index contributed by atoms with van der Waals surface area (Å²) in [4.78, 5) is 32.5. The molecule has 4 heteroatoms. The molecule has 3 nitrogen and oxygen atoms in total. The van der Waals surface area contributed by atoms with Gasteiger partial charge < -0.3 is 0 Å². The summed E-state index contributed by atoms with van der Waals surface area (Å²) in [5, 5.41) is 3.89. The van der Waals surface area contributed by atoms with Gasteiger partial charge in [0.25, 0.3) is 0 Å². The van der Waals surface area contributed by atoms with Gasteiger partial charge >= 0.3 is 152 Å². The Balaban J connectivity index is 1.74. The van der Waals surface area contributed by atoms with Crippen LogP contribution >= 0.6 is 7.28 Å². The van der Waals surface area contributed by atoms with Gasteiger partial charge in [0.1, 0.15) is 0 Å². The van der Waals surface area contributed by atoms with E-state index in [9.17, 15) is 14.7 Å². The molecule has 0 bridgehead atoms. The molecule has 0 spiro atoms. The van der Waals surface area contributed by atoms with Gasteiger partial charge in [-0.2, -0.15) is 0 Å². The van der Waals surface area contributed by atoms with E-state index in [1.807, 2.05) is 84.9 Å². The number of fused-ring (bicyclic) bond motifs is 2. The Morgan fingerprint density at radius 3 is 1.35 bits per heavy atom. The third-order valence-electron chi connectivity index (χ3n) is 4.75. The van der Waals surface area contributed by atoms with E-state index in [1.54, 1.807) is 0 Å². The average Bonchev–Trinajstić information content (AvgIpc) is 2.61. The summed E-state index contributed by atoms with van der Waals surface area (Å²) in [6, 6.07) is 26.9. The van der Waals surface area contributed by atoms with Crippen molar-refractivity contribution in [3.63, 3.8) is 0 Å². The van der Waals surface area contributed by atoms with Gasteiger partial charge in [-0.1, -0.05) is 0 Å². The van der Waals surface area contributed by atoms with Crippen molar-refractivity contribution in [2.24, 2.45) is 0 Å². The zero-order chi connectivity index (χ0) is 18.2. The van der Waals surface area contributed by atoms with Crippen LogP contribution in [-0.2, 0) is 12.3 Å². The van der Waals surface area contributed by atoms with Crippen LogP contribution in [0.25, 0.3) is 21.5 Å². The van der Waals surface area contributed by atoms with Gasteiger partial charge in [-0.05, 0) is 0 Å². The van der Waals surface area contributed by atoms with E-state index in [-0.39, 0.29) is 12.3 Å². The van der Waals surface area contributed by atoms with E-state index in [1.165, 1.54) is 0 Å². The SMILES string of the molecule is OP(O)(O)(Cc1cccc2ccccc12)Cc1cccc2ccccc12. The minimum absolute atomic E-state index is 0.157. The molecular weight excluding hydrogens is 343 g/mol. The van der Waals surface area contributed by atoms with Crippen molar-refractivity contribution in [3.8, 4) is 0 Å². The van der Waals surface area contributed by atoms with E-state index in [2.05, 4.69) is 0 Å². The van der Waals surface area contributed by atoms with Crippen LogP contribution in [0.2, 0.25) is 0 Å². The van der Waals surface area contributed by atoms with Crippen molar-refractivity contribution in [2.75, 3.05) is 0 Å². The molecule has 0 unspecified atom stereocenters. The van der Waals surface area contributed by atoms with Crippen molar-refractivity contribution < 1.29 is 14.7 Å². The molecule has 26 heavy (non-hydrogen) atoms. The Morgan fingerprint density at radius 1 is 0.500 bits per heavy atom. The standard InChI is InChI=1S/C22H21O3P/c23-26(24,25,15-19-11-5-9-17-7-1-3-13-21(17)19)16-20-12-6-10-18-8-2-4-14-22(18)20/h1-14,23-25H,15-16H2.